The van der Waals surface area contributed by atoms with Crippen LogP contribution in [0, 0.1) is 0 Å². The molecule has 1 aromatic heterocycles. The number of rotatable bonds is 7. The van der Waals surface area contributed by atoms with E-state index in [1.807, 2.05) is 48.5 Å². The molecule has 28 heavy (non-hydrogen) atoms. The zero-order valence-electron chi connectivity index (χ0n) is 16.2. The summed E-state index contributed by atoms with van der Waals surface area (Å²) >= 11 is 0. The van der Waals surface area contributed by atoms with Crippen LogP contribution in [0.25, 0.3) is 0 Å². The summed E-state index contributed by atoms with van der Waals surface area (Å²) in [7, 11) is 4.99. The zero-order valence-corrected chi connectivity index (χ0v) is 16.2. The Hall–Kier alpha value is -3.54. The lowest BCUT2D eigenvalue weighted by Gasteiger charge is -2.18. The van der Waals surface area contributed by atoms with Gasteiger partial charge in [-0.3, -0.25) is 9.78 Å². The van der Waals surface area contributed by atoms with E-state index >= 15 is 0 Å². The molecule has 1 amide bonds. The minimum Gasteiger partial charge on any atom is -0.497 e. The van der Waals surface area contributed by atoms with Crippen molar-refractivity contribution >= 4 is 17.3 Å². The van der Waals surface area contributed by atoms with E-state index in [2.05, 4.69) is 10.3 Å². The molecule has 0 radical (unpaired) electrons. The van der Waals surface area contributed by atoms with Crippen LogP contribution in [-0.4, -0.2) is 37.1 Å². The topological polar surface area (TPSA) is 63.7 Å². The number of nitrogens with zero attached hydrogens (tertiary/aromatic N) is 2. The summed E-state index contributed by atoms with van der Waals surface area (Å²) in [5.41, 5.74) is 2.99. The van der Waals surface area contributed by atoms with Gasteiger partial charge in [0.25, 0.3) is 5.91 Å². The van der Waals surface area contributed by atoms with Gasteiger partial charge in [-0.15, -0.1) is 0 Å². The molecule has 0 fully saturated rings. The van der Waals surface area contributed by atoms with Gasteiger partial charge < -0.3 is 19.7 Å². The van der Waals surface area contributed by atoms with Gasteiger partial charge in [0.05, 0.1) is 37.4 Å². The molecule has 0 unspecified atom stereocenters. The number of aromatic nitrogens is 1. The molecule has 144 valence electrons. The summed E-state index contributed by atoms with van der Waals surface area (Å²) in [5, 5.41) is 3.24. The minimum atomic E-state index is -0.0994. The van der Waals surface area contributed by atoms with Crippen LogP contribution in [0.2, 0.25) is 0 Å². The van der Waals surface area contributed by atoms with E-state index < -0.39 is 0 Å². The van der Waals surface area contributed by atoms with Crippen molar-refractivity contribution in [2.45, 2.75) is 6.54 Å². The number of amides is 1. The highest BCUT2D eigenvalue weighted by Gasteiger charge is 2.14. The minimum absolute atomic E-state index is 0.0994. The first-order chi connectivity index (χ1) is 13.6. The lowest BCUT2D eigenvalue weighted by Crippen LogP contribution is -2.26. The van der Waals surface area contributed by atoms with Crippen molar-refractivity contribution in [3.05, 3.63) is 78.1 Å². The number of pyridine rings is 1. The van der Waals surface area contributed by atoms with E-state index in [4.69, 9.17) is 9.47 Å². The van der Waals surface area contributed by atoms with Gasteiger partial charge in [-0.05, 0) is 23.8 Å². The largest absolute Gasteiger partial charge is 0.497 e. The van der Waals surface area contributed by atoms with Crippen LogP contribution in [0.1, 0.15) is 15.9 Å². The summed E-state index contributed by atoms with van der Waals surface area (Å²) < 4.78 is 10.7. The highest BCUT2D eigenvalue weighted by Crippen LogP contribution is 2.31. The molecule has 0 aliphatic carbocycles. The Bertz CT molecular complexity index is 945. The van der Waals surface area contributed by atoms with Crippen molar-refractivity contribution in [1.82, 2.24) is 9.88 Å². The third-order valence-corrected chi connectivity index (χ3v) is 4.28. The van der Waals surface area contributed by atoms with Crippen LogP contribution in [-0.2, 0) is 6.54 Å². The number of carbonyl (C=O) groups excluding carboxylic acids is 1. The highest BCUT2D eigenvalue weighted by atomic mass is 16.5. The Morgan fingerprint density at radius 2 is 1.82 bits per heavy atom. The number of ether oxygens (including phenoxy) is 2. The second kappa shape index (κ2) is 8.90. The van der Waals surface area contributed by atoms with Crippen molar-refractivity contribution in [3.8, 4) is 11.5 Å². The maximum absolute atomic E-state index is 12.8. The molecule has 1 heterocycles. The van der Waals surface area contributed by atoms with Gasteiger partial charge in [0.2, 0.25) is 0 Å². The second-order valence-corrected chi connectivity index (χ2v) is 6.30. The van der Waals surface area contributed by atoms with Crippen LogP contribution >= 0.6 is 0 Å². The van der Waals surface area contributed by atoms with Crippen molar-refractivity contribution in [1.29, 1.82) is 0 Å². The summed E-state index contributed by atoms with van der Waals surface area (Å²) in [6, 6.07) is 17.1. The van der Waals surface area contributed by atoms with Gasteiger partial charge in [0, 0.05) is 25.9 Å². The predicted octanol–water partition coefficient (Wildman–Crippen LogP) is 4.11. The summed E-state index contributed by atoms with van der Waals surface area (Å²) in [6.45, 7) is 0.529. The van der Waals surface area contributed by atoms with E-state index in [1.165, 1.54) is 0 Å². The number of anilines is 2. The maximum Gasteiger partial charge on any atom is 0.255 e. The maximum atomic E-state index is 12.8. The Kier molecular flexibility index (Phi) is 6.11. The van der Waals surface area contributed by atoms with Crippen LogP contribution in [0.15, 0.2) is 67.0 Å². The van der Waals surface area contributed by atoms with Gasteiger partial charge in [-0.2, -0.15) is 0 Å². The molecule has 0 saturated heterocycles. The van der Waals surface area contributed by atoms with Crippen LogP contribution in [0.3, 0.4) is 0 Å². The molecule has 6 heteroatoms. The molecule has 0 atom stereocenters. The first-order valence-corrected chi connectivity index (χ1v) is 8.84. The van der Waals surface area contributed by atoms with Crippen LogP contribution in [0.4, 0.5) is 11.4 Å². The van der Waals surface area contributed by atoms with E-state index in [-0.39, 0.29) is 5.91 Å². The lowest BCUT2D eigenvalue weighted by molar-refractivity contribution is 0.0784. The standard InChI is InChI=1S/C22H23N3O3/c1-25(15-16-7-5-4-6-8-16)22(26)17-11-18(14-23-13-17)24-20-12-19(27-2)9-10-21(20)28-3/h4-14,24H,15H2,1-3H3. The molecule has 0 aliphatic rings. The smallest absolute Gasteiger partial charge is 0.255 e. The average Bonchev–Trinajstić information content (AvgIpc) is 2.74. The molecule has 2 aromatic carbocycles. The van der Waals surface area contributed by atoms with Crippen LogP contribution < -0.4 is 14.8 Å². The highest BCUT2D eigenvalue weighted by molar-refractivity contribution is 5.94. The predicted molar refractivity (Wildman–Crippen MR) is 109 cm³/mol. The van der Waals surface area contributed by atoms with Crippen molar-refractivity contribution in [2.75, 3.05) is 26.6 Å². The Morgan fingerprint density at radius 1 is 1.04 bits per heavy atom. The average molecular weight is 377 g/mol. The van der Waals surface area contributed by atoms with Gasteiger partial charge in [-0.1, -0.05) is 30.3 Å². The Balaban J connectivity index is 1.78. The number of methoxy groups -OCH3 is 2. The van der Waals surface area contributed by atoms with Crippen molar-refractivity contribution in [2.24, 2.45) is 0 Å². The number of benzene rings is 2. The fourth-order valence-electron chi connectivity index (χ4n) is 2.84. The lowest BCUT2D eigenvalue weighted by atomic mass is 10.2. The number of hydrogen-bond donors (Lipinski definition) is 1. The molecular formula is C22H23N3O3. The molecule has 0 spiro atoms. The van der Waals surface area contributed by atoms with Gasteiger partial charge in [-0.25, -0.2) is 0 Å². The molecule has 0 aliphatic heterocycles. The van der Waals surface area contributed by atoms with Crippen molar-refractivity contribution in [3.63, 3.8) is 0 Å². The molecule has 3 rings (SSSR count). The number of hydrogen-bond acceptors (Lipinski definition) is 5. The SMILES string of the molecule is COc1ccc(OC)c(Nc2cncc(C(=O)N(C)Cc3ccccc3)c2)c1. The van der Waals surface area contributed by atoms with E-state index in [0.717, 1.165) is 11.3 Å². The third kappa shape index (κ3) is 4.59. The summed E-state index contributed by atoms with van der Waals surface area (Å²) in [5.74, 6) is 1.27. The van der Waals surface area contributed by atoms with E-state index in [1.54, 1.807) is 44.6 Å². The molecule has 6 nitrogen and oxygen atoms in total. The van der Waals surface area contributed by atoms with Gasteiger partial charge >= 0.3 is 0 Å². The number of nitrogens with one attached hydrogen (secondary N) is 1. The first kappa shape index (κ1) is 19.2. The number of carbonyl (C=O) groups is 1. The van der Waals surface area contributed by atoms with E-state index in [9.17, 15) is 4.79 Å². The normalized spacial score (nSPS) is 10.2. The summed E-state index contributed by atoms with van der Waals surface area (Å²) in [6.07, 6.45) is 3.23. The van der Waals surface area contributed by atoms with Gasteiger partial charge in [0.1, 0.15) is 11.5 Å². The Labute approximate surface area is 164 Å². The third-order valence-electron chi connectivity index (χ3n) is 4.28. The molecule has 3 aromatic rings. The quantitative estimate of drug-likeness (QED) is 0.671. The fraction of sp³-hybridized carbons (Fsp3) is 0.182. The monoisotopic (exact) mass is 377 g/mol. The summed E-state index contributed by atoms with van der Waals surface area (Å²) in [4.78, 5) is 18.7. The van der Waals surface area contributed by atoms with Crippen LogP contribution in [0.5, 0.6) is 11.5 Å². The zero-order chi connectivity index (χ0) is 19.9. The fourth-order valence-corrected chi connectivity index (χ4v) is 2.84. The molecular weight excluding hydrogens is 354 g/mol. The first-order valence-electron chi connectivity index (χ1n) is 8.84. The van der Waals surface area contributed by atoms with Crippen molar-refractivity contribution < 1.29 is 14.3 Å². The second-order valence-electron chi connectivity index (χ2n) is 6.30. The molecule has 1 N–H and O–H groups in total. The molecule has 0 saturated carbocycles. The Morgan fingerprint density at radius 3 is 2.54 bits per heavy atom. The van der Waals surface area contributed by atoms with Gasteiger partial charge in [0.15, 0.2) is 0 Å². The molecule has 0 bridgehead atoms. The van der Waals surface area contributed by atoms with E-state index in [0.29, 0.717) is 29.3 Å².